The van der Waals surface area contributed by atoms with Crippen molar-refractivity contribution >= 4 is 22.8 Å². The third-order valence-electron chi connectivity index (χ3n) is 1.90. The summed E-state index contributed by atoms with van der Waals surface area (Å²) >= 11 is 0. The summed E-state index contributed by atoms with van der Waals surface area (Å²) in [6.45, 7) is 7.31. The van der Waals surface area contributed by atoms with Gasteiger partial charge in [0.2, 0.25) is 0 Å². The van der Waals surface area contributed by atoms with Gasteiger partial charge in [-0.2, -0.15) is 20.4 Å². The van der Waals surface area contributed by atoms with Crippen molar-refractivity contribution in [2.75, 3.05) is 0 Å². The van der Waals surface area contributed by atoms with Gasteiger partial charge in [-0.05, 0) is 27.7 Å². The Morgan fingerprint density at radius 2 is 0.722 bits per heavy atom. The summed E-state index contributed by atoms with van der Waals surface area (Å²) < 4.78 is 0. The van der Waals surface area contributed by atoms with E-state index in [4.69, 9.17) is 23.4 Å². The summed E-state index contributed by atoms with van der Waals surface area (Å²) in [4.78, 5) is 0. The molecule has 0 aromatic rings. The van der Waals surface area contributed by atoms with Crippen LogP contribution in [0.4, 0.5) is 0 Å². The van der Waals surface area contributed by atoms with Crippen molar-refractivity contribution in [3.05, 3.63) is 0 Å². The molecule has 0 radical (unpaired) electrons. The smallest absolute Gasteiger partial charge is 0.0401 e. The van der Waals surface area contributed by atoms with Crippen LogP contribution in [0.1, 0.15) is 40.5 Å². The average molecular weight is 256 g/mol. The fourth-order valence-electron chi connectivity index (χ4n) is 0.923. The van der Waals surface area contributed by atoms with Gasteiger partial charge >= 0.3 is 0 Å². The number of hydrogen-bond acceptors (Lipinski definition) is 8. The van der Waals surface area contributed by atoms with Gasteiger partial charge in [-0.3, -0.25) is 0 Å². The number of nitrogens with two attached hydrogens (primary N) is 4. The largest absolute Gasteiger partial charge is 0.323 e. The molecule has 0 spiro atoms. The molecule has 0 aromatic carbocycles. The van der Waals surface area contributed by atoms with Crippen LogP contribution in [0.2, 0.25) is 0 Å². The fraction of sp³-hybridized carbons (Fsp3) is 0.600. The molecule has 0 aliphatic rings. The minimum Gasteiger partial charge on any atom is -0.323 e. The fourth-order valence-corrected chi connectivity index (χ4v) is 0.923. The van der Waals surface area contributed by atoms with Crippen molar-refractivity contribution in [2.45, 2.75) is 40.5 Å². The molecule has 0 atom stereocenters. The van der Waals surface area contributed by atoms with Gasteiger partial charge < -0.3 is 23.4 Å². The van der Waals surface area contributed by atoms with Crippen LogP contribution < -0.4 is 23.4 Å². The highest BCUT2D eigenvalue weighted by molar-refractivity contribution is 6.02. The molecule has 0 aliphatic carbocycles. The van der Waals surface area contributed by atoms with E-state index in [9.17, 15) is 0 Å². The maximum atomic E-state index is 4.97. The van der Waals surface area contributed by atoms with Gasteiger partial charge in [-0.1, -0.05) is 0 Å². The molecule has 0 unspecified atom stereocenters. The Morgan fingerprint density at radius 3 is 0.833 bits per heavy atom. The molecule has 0 aliphatic heterocycles. The quantitative estimate of drug-likeness (QED) is 0.319. The lowest BCUT2D eigenvalue weighted by molar-refractivity contribution is 1.18. The minimum absolute atomic E-state index is 0.660. The van der Waals surface area contributed by atoms with E-state index in [1.54, 1.807) is 0 Å². The molecular formula is C10H24N8. The van der Waals surface area contributed by atoms with Crippen LogP contribution in [0, 0.1) is 0 Å². The zero-order valence-corrected chi connectivity index (χ0v) is 11.5. The first-order valence-corrected chi connectivity index (χ1v) is 5.34. The standard InChI is InChI=1S/2C5H12N4/c2*1-4(8-6)3-5(2)9-7/h2*3,6-7H2,1-2H3/b2*8-4-,9-5+. The van der Waals surface area contributed by atoms with Crippen molar-refractivity contribution in [3.63, 3.8) is 0 Å². The van der Waals surface area contributed by atoms with Crippen molar-refractivity contribution in [3.8, 4) is 0 Å². The zero-order valence-electron chi connectivity index (χ0n) is 11.5. The normalized spacial score (nSPS) is 14.0. The molecule has 0 aromatic heterocycles. The minimum atomic E-state index is 0.660. The molecule has 0 bridgehead atoms. The molecule has 8 nitrogen and oxygen atoms in total. The monoisotopic (exact) mass is 256 g/mol. The zero-order chi connectivity index (χ0) is 14.6. The van der Waals surface area contributed by atoms with Crippen molar-refractivity contribution in [1.82, 2.24) is 0 Å². The summed E-state index contributed by atoms with van der Waals surface area (Å²) in [5, 5.41) is 13.8. The molecule has 0 saturated heterocycles. The molecule has 8 N–H and O–H groups in total. The lowest BCUT2D eigenvalue weighted by Crippen LogP contribution is -2.05. The first kappa shape index (κ1) is 18.3. The van der Waals surface area contributed by atoms with Gasteiger partial charge in [0.15, 0.2) is 0 Å². The van der Waals surface area contributed by atoms with Gasteiger partial charge in [-0.15, -0.1) is 0 Å². The van der Waals surface area contributed by atoms with E-state index in [0.717, 1.165) is 22.8 Å². The Morgan fingerprint density at radius 1 is 0.556 bits per heavy atom. The van der Waals surface area contributed by atoms with Crippen molar-refractivity contribution in [1.29, 1.82) is 0 Å². The predicted octanol–water partition coefficient (Wildman–Crippen LogP) is 0.0914. The molecule has 0 saturated carbocycles. The Balaban J connectivity index is 0. The van der Waals surface area contributed by atoms with Gasteiger partial charge in [-0.25, -0.2) is 0 Å². The van der Waals surface area contributed by atoms with E-state index < -0.39 is 0 Å². The van der Waals surface area contributed by atoms with E-state index >= 15 is 0 Å². The molecule has 0 rings (SSSR count). The van der Waals surface area contributed by atoms with Crippen LogP contribution in [0.25, 0.3) is 0 Å². The summed E-state index contributed by atoms with van der Waals surface area (Å²) in [5.41, 5.74) is 3.34. The van der Waals surface area contributed by atoms with Crippen LogP contribution in [0.5, 0.6) is 0 Å². The molecule has 18 heavy (non-hydrogen) atoms. The van der Waals surface area contributed by atoms with Crippen LogP contribution in [-0.2, 0) is 0 Å². The maximum absolute atomic E-state index is 4.97. The van der Waals surface area contributed by atoms with Crippen molar-refractivity contribution in [2.24, 2.45) is 43.8 Å². The average Bonchev–Trinajstić information content (AvgIpc) is 2.38. The highest BCUT2D eigenvalue weighted by Crippen LogP contribution is 1.87. The topological polar surface area (TPSA) is 154 Å². The van der Waals surface area contributed by atoms with E-state index in [0.29, 0.717) is 12.8 Å². The van der Waals surface area contributed by atoms with Crippen LogP contribution in [0.3, 0.4) is 0 Å². The molecule has 0 amide bonds. The second kappa shape index (κ2) is 11.4. The van der Waals surface area contributed by atoms with E-state index in [2.05, 4.69) is 20.4 Å². The SMILES string of the molecule is C/C(C/C(C)=N/N)=N/N.C/C(C/C(C)=N/N)=N/N. The lowest BCUT2D eigenvalue weighted by atomic mass is 10.2. The summed E-state index contributed by atoms with van der Waals surface area (Å²) in [6, 6.07) is 0. The number of hydrogen-bond donors (Lipinski definition) is 4. The molecular weight excluding hydrogens is 232 g/mol. The maximum Gasteiger partial charge on any atom is 0.0401 e. The van der Waals surface area contributed by atoms with Crippen molar-refractivity contribution < 1.29 is 0 Å². The van der Waals surface area contributed by atoms with Gasteiger partial charge in [0.25, 0.3) is 0 Å². The Hall–Kier alpha value is -2.12. The van der Waals surface area contributed by atoms with E-state index in [-0.39, 0.29) is 0 Å². The highest BCUT2D eigenvalue weighted by Gasteiger charge is 1.93. The Bertz CT molecular complexity index is 274. The molecule has 8 heteroatoms. The molecule has 0 heterocycles. The lowest BCUT2D eigenvalue weighted by Gasteiger charge is -1.94. The summed E-state index contributed by atoms with van der Waals surface area (Å²) in [6.07, 6.45) is 1.32. The predicted molar refractivity (Wildman–Crippen MR) is 78.4 cm³/mol. The third-order valence-corrected chi connectivity index (χ3v) is 1.90. The molecule has 0 fully saturated rings. The number of hydrazone groups is 4. The second-order valence-electron chi connectivity index (χ2n) is 3.81. The van der Waals surface area contributed by atoms with E-state index in [1.807, 2.05) is 27.7 Å². The number of nitrogens with zero attached hydrogens (tertiary/aromatic N) is 4. The van der Waals surface area contributed by atoms with E-state index in [1.165, 1.54) is 0 Å². The second-order valence-corrected chi connectivity index (χ2v) is 3.81. The Kier molecular flexibility index (Phi) is 11.5. The van der Waals surface area contributed by atoms with Crippen LogP contribution in [-0.4, -0.2) is 22.8 Å². The highest BCUT2D eigenvalue weighted by atomic mass is 15.1. The van der Waals surface area contributed by atoms with Crippen LogP contribution in [0.15, 0.2) is 20.4 Å². The Labute approximate surface area is 108 Å². The first-order valence-electron chi connectivity index (χ1n) is 5.34. The molecule has 104 valence electrons. The summed E-state index contributed by atoms with van der Waals surface area (Å²) in [5.74, 6) is 19.9. The van der Waals surface area contributed by atoms with Gasteiger partial charge in [0, 0.05) is 35.7 Å². The summed E-state index contributed by atoms with van der Waals surface area (Å²) in [7, 11) is 0. The van der Waals surface area contributed by atoms with Gasteiger partial charge in [0.05, 0.1) is 0 Å². The third kappa shape index (κ3) is 12.0. The van der Waals surface area contributed by atoms with Gasteiger partial charge in [0.1, 0.15) is 0 Å². The first-order chi connectivity index (χ1) is 8.40. The number of rotatable bonds is 4. The van der Waals surface area contributed by atoms with Crippen LogP contribution >= 0.6 is 0 Å².